The second kappa shape index (κ2) is 12.8. The molecule has 11 rings (SSSR count). The lowest BCUT2D eigenvalue weighted by Crippen LogP contribution is -2.06. The Morgan fingerprint density at radius 1 is 0.322 bits per heavy atom. The van der Waals surface area contributed by atoms with Crippen molar-refractivity contribution in [1.29, 1.82) is 21.0 Å². The van der Waals surface area contributed by atoms with Gasteiger partial charge in [0, 0.05) is 49.1 Å². The maximum Gasteiger partial charge on any atom is 0.103 e. The second-order valence-corrected chi connectivity index (χ2v) is 14.5. The van der Waals surface area contributed by atoms with E-state index in [1.165, 1.54) is 0 Å². The van der Waals surface area contributed by atoms with Crippen molar-refractivity contribution in [2.45, 2.75) is 0 Å². The Balaban J connectivity index is 1.25. The number of aromatic nitrogens is 3. The molecule has 0 radical (unpaired) electrons. The number of hydrogen-bond acceptors (Lipinski definition) is 4. The van der Waals surface area contributed by atoms with Crippen molar-refractivity contribution >= 4 is 65.4 Å². The van der Waals surface area contributed by atoms with E-state index in [0.29, 0.717) is 22.5 Å². The summed E-state index contributed by atoms with van der Waals surface area (Å²) in [5, 5.41) is 49.4. The van der Waals surface area contributed by atoms with Crippen LogP contribution in [0.3, 0.4) is 0 Å². The van der Waals surface area contributed by atoms with Gasteiger partial charge in [-0.2, -0.15) is 21.0 Å². The van der Waals surface area contributed by atoms with Gasteiger partial charge in [-0.1, -0.05) is 103 Å². The fourth-order valence-corrected chi connectivity index (χ4v) is 9.19. The van der Waals surface area contributed by atoms with Crippen molar-refractivity contribution < 1.29 is 0 Å². The Morgan fingerprint density at radius 3 is 1.32 bits per heavy atom. The van der Waals surface area contributed by atoms with Crippen LogP contribution in [-0.4, -0.2) is 13.7 Å². The van der Waals surface area contributed by atoms with Crippen LogP contribution in [0, 0.1) is 45.3 Å². The molecular weight excluding hydrogens is 723 g/mol. The largest absolute Gasteiger partial charge is 0.309 e. The molecule has 11 aromatic rings. The molecule has 0 spiro atoms. The molecule has 0 saturated heterocycles. The maximum atomic E-state index is 11.0. The number of nitrogens with zero attached hydrogens (tertiary/aromatic N) is 7. The van der Waals surface area contributed by atoms with Crippen LogP contribution in [0.5, 0.6) is 0 Å². The third-order valence-electron chi connectivity index (χ3n) is 11.6. The average Bonchev–Trinajstić information content (AvgIpc) is 3.92. The van der Waals surface area contributed by atoms with Gasteiger partial charge in [-0.05, 0) is 60.7 Å². The number of benzene rings is 8. The zero-order chi connectivity index (χ0) is 39.8. The predicted octanol–water partition coefficient (Wildman–Crippen LogP) is 12.1. The lowest BCUT2D eigenvalue weighted by molar-refractivity contribution is 1.15. The van der Waals surface area contributed by atoms with E-state index in [9.17, 15) is 21.0 Å². The first-order valence-electron chi connectivity index (χ1n) is 19.1. The number of hydrogen-bond donors (Lipinski definition) is 0. The lowest BCUT2D eigenvalue weighted by atomic mass is 9.91. The highest BCUT2D eigenvalue weighted by molar-refractivity contribution is 6.19. The Labute approximate surface area is 337 Å². The van der Waals surface area contributed by atoms with E-state index in [1.807, 2.05) is 102 Å². The van der Waals surface area contributed by atoms with Gasteiger partial charge in [-0.15, -0.1) is 0 Å². The molecule has 8 aromatic carbocycles. The first kappa shape index (κ1) is 33.5. The zero-order valence-corrected chi connectivity index (χ0v) is 31.2. The van der Waals surface area contributed by atoms with Crippen molar-refractivity contribution in [2.24, 2.45) is 0 Å². The fraction of sp³-hybridized carbons (Fsp3) is 0. The van der Waals surface area contributed by atoms with E-state index in [-0.39, 0.29) is 22.3 Å². The molecule has 7 heteroatoms. The Morgan fingerprint density at radius 2 is 0.780 bits per heavy atom. The molecule has 0 N–H and O–H groups in total. The van der Waals surface area contributed by atoms with E-state index in [4.69, 9.17) is 0 Å². The molecule has 7 nitrogen and oxygen atoms in total. The van der Waals surface area contributed by atoms with Crippen molar-refractivity contribution in [3.8, 4) is 52.5 Å². The highest BCUT2D eigenvalue weighted by Crippen LogP contribution is 2.44. The van der Waals surface area contributed by atoms with Gasteiger partial charge in [0.15, 0.2) is 0 Å². The molecule has 0 saturated carbocycles. The summed E-state index contributed by atoms with van der Waals surface area (Å²) in [7, 11) is 0. The maximum absolute atomic E-state index is 11.0. The topological polar surface area (TPSA) is 110 Å². The van der Waals surface area contributed by atoms with Crippen LogP contribution in [0.25, 0.3) is 93.6 Å². The lowest BCUT2D eigenvalue weighted by Gasteiger charge is -2.19. The Hall–Kier alpha value is -8.88. The summed E-state index contributed by atoms with van der Waals surface area (Å²) in [6.07, 6.45) is 0. The first-order chi connectivity index (χ1) is 29.1. The molecule has 3 aromatic heterocycles. The van der Waals surface area contributed by atoms with E-state index >= 15 is 0 Å². The smallest absolute Gasteiger partial charge is 0.103 e. The van der Waals surface area contributed by atoms with Gasteiger partial charge in [0.25, 0.3) is 0 Å². The van der Waals surface area contributed by atoms with Crippen LogP contribution in [-0.2, 0) is 0 Å². The standard InChI is InChI=1S/C52H27N7/c53-28-32-22-23-39(34-24-25-49(44(31-56)43(34)30-55)58-46-19-9-4-14-35(46)36-15-5-10-20-47(36)58)52(42(32)29-54)59-48-21-11-7-17-38(48)41-26-50-40(27-51(41)59)37-16-6-8-18-45(37)57(50)33-12-2-1-3-13-33/h1-27H. The molecular formula is C52H27N7. The quantitative estimate of drug-likeness (QED) is 0.178. The molecule has 0 aliphatic rings. The van der Waals surface area contributed by atoms with Crippen molar-refractivity contribution in [3.05, 3.63) is 186 Å². The summed E-state index contributed by atoms with van der Waals surface area (Å²) < 4.78 is 6.37. The monoisotopic (exact) mass is 749 g/mol. The highest BCUT2D eigenvalue weighted by atomic mass is 15.0. The SMILES string of the molecule is N#Cc1ccc(-c2ccc(-n3c4ccccc4c4ccccc43)c(C#N)c2C#N)c(-n2c3ccccc3c3cc4c(cc32)c2ccccc2n4-c2ccccc2)c1C#N. The van der Waals surface area contributed by atoms with E-state index in [1.54, 1.807) is 12.1 Å². The third-order valence-corrected chi connectivity index (χ3v) is 11.6. The Bertz CT molecular complexity index is 3720. The number of nitriles is 4. The van der Waals surface area contributed by atoms with Crippen LogP contribution >= 0.6 is 0 Å². The summed E-state index contributed by atoms with van der Waals surface area (Å²) >= 11 is 0. The molecule has 0 amide bonds. The van der Waals surface area contributed by atoms with Gasteiger partial charge in [-0.25, -0.2) is 0 Å². The minimum absolute atomic E-state index is 0.174. The predicted molar refractivity (Wildman–Crippen MR) is 234 cm³/mol. The summed E-state index contributed by atoms with van der Waals surface area (Å²) in [5.74, 6) is 0. The molecule has 0 aliphatic heterocycles. The first-order valence-corrected chi connectivity index (χ1v) is 19.1. The van der Waals surface area contributed by atoms with Crippen LogP contribution in [0.4, 0.5) is 0 Å². The summed E-state index contributed by atoms with van der Waals surface area (Å²) in [6, 6.07) is 63.7. The summed E-state index contributed by atoms with van der Waals surface area (Å²) in [5.41, 5.74) is 9.49. The van der Waals surface area contributed by atoms with Crippen molar-refractivity contribution in [3.63, 3.8) is 0 Å². The van der Waals surface area contributed by atoms with Crippen LogP contribution < -0.4 is 0 Å². The molecule has 3 heterocycles. The number of fused-ring (bicyclic) bond motifs is 9. The van der Waals surface area contributed by atoms with Gasteiger partial charge in [0.1, 0.15) is 24.3 Å². The Kier molecular flexibility index (Phi) is 7.28. The molecule has 0 aliphatic carbocycles. The molecule has 0 bridgehead atoms. The van der Waals surface area contributed by atoms with Gasteiger partial charge < -0.3 is 13.7 Å². The summed E-state index contributed by atoms with van der Waals surface area (Å²) in [6.45, 7) is 0. The average molecular weight is 750 g/mol. The van der Waals surface area contributed by atoms with Gasteiger partial charge >= 0.3 is 0 Å². The molecule has 0 fully saturated rings. The van der Waals surface area contributed by atoms with Crippen molar-refractivity contribution in [2.75, 3.05) is 0 Å². The van der Waals surface area contributed by atoms with Crippen LogP contribution in [0.1, 0.15) is 22.3 Å². The van der Waals surface area contributed by atoms with Crippen molar-refractivity contribution in [1.82, 2.24) is 13.7 Å². The van der Waals surface area contributed by atoms with Gasteiger partial charge in [-0.3, -0.25) is 0 Å². The van der Waals surface area contributed by atoms with E-state index in [2.05, 4.69) is 88.0 Å². The zero-order valence-electron chi connectivity index (χ0n) is 31.2. The van der Waals surface area contributed by atoms with Gasteiger partial charge in [0.05, 0.1) is 66.7 Å². The minimum Gasteiger partial charge on any atom is -0.309 e. The molecule has 59 heavy (non-hydrogen) atoms. The van der Waals surface area contributed by atoms with E-state index in [0.717, 1.165) is 71.1 Å². The minimum atomic E-state index is 0.174. The normalized spacial score (nSPS) is 11.3. The number of rotatable bonds is 4. The molecule has 270 valence electrons. The fourth-order valence-electron chi connectivity index (χ4n) is 9.19. The van der Waals surface area contributed by atoms with Crippen LogP contribution in [0.15, 0.2) is 164 Å². The summed E-state index contributed by atoms with van der Waals surface area (Å²) in [4.78, 5) is 0. The second-order valence-electron chi connectivity index (χ2n) is 14.5. The molecule has 0 unspecified atom stereocenters. The van der Waals surface area contributed by atoms with E-state index < -0.39 is 0 Å². The molecule has 0 atom stereocenters. The van der Waals surface area contributed by atoms with Gasteiger partial charge in [0.2, 0.25) is 0 Å². The van der Waals surface area contributed by atoms with Crippen LogP contribution in [0.2, 0.25) is 0 Å². The number of para-hydroxylation sites is 5. The third kappa shape index (κ3) is 4.65. The highest BCUT2D eigenvalue weighted by Gasteiger charge is 2.26.